The number of carbonyl (C=O) groups is 2. The van der Waals surface area contributed by atoms with Crippen LogP contribution in [0.3, 0.4) is 0 Å². The largest absolute Gasteiger partial charge is 0.502 e. The molecule has 0 aliphatic heterocycles. The Kier molecular flexibility index (Phi) is 10.3. The first-order valence-electron chi connectivity index (χ1n) is 12.5. The second-order valence-corrected chi connectivity index (χ2v) is 10.5. The third kappa shape index (κ3) is 8.81. The normalized spacial score (nSPS) is 14.7. The van der Waals surface area contributed by atoms with Gasteiger partial charge in [-0.3, -0.25) is 19.2 Å². The molecule has 8 heteroatoms. The van der Waals surface area contributed by atoms with Crippen molar-refractivity contribution in [3.8, 4) is 11.5 Å². The van der Waals surface area contributed by atoms with Gasteiger partial charge in [0.2, 0.25) is 10.9 Å². The van der Waals surface area contributed by atoms with E-state index in [2.05, 4.69) is 0 Å². The molecule has 0 saturated heterocycles. The lowest BCUT2D eigenvalue weighted by Crippen LogP contribution is -2.22. The van der Waals surface area contributed by atoms with E-state index in [1.807, 2.05) is 27.7 Å². The van der Waals surface area contributed by atoms with Crippen LogP contribution in [0.1, 0.15) is 90.6 Å². The van der Waals surface area contributed by atoms with Crippen LogP contribution in [0.25, 0.3) is 0 Å². The summed E-state index contributed by atoms with van der Waals surface area (Å²) < 4.78 is 10.6. The number of hydrogen-bond donors (Lipinski definition) is 2. The van der Waals surface area contributed by atoms with Gasteiger partial charge < -0.3 is 19.0 Å². The highest BCUT2D eigenvalue weighted by molar-refractivity contribution is 5.86. The van der Waals surface area contributed by atoms with E-state index in [1.165, 1.54) is 12.1 Å². The number of ketones is 2. The zero-order valence-electron chi connectivity index (χ0n) is 21.7. The minimum absolute atomic E-state index is 0.0271. The number of carbonyl (C=O) groups excluding carboxylic acids is 2. The maximum Gasteiger partial charge on any atom is 0.226 e. The molecule has 198 valence electrons. The van der Waals surface area contributed by atoms with Crippen molar-refractivity contribution in [2.24, 2.45) is 10.8 Å². The smallest absolute Gasteiger partial charge is 0.226 e. The topological polar surface area (TPSA) is 135 Å². The molecule has 0 saturated carbocycles. The third-order valence-electron chi connectivity index (χ3n) is 7.34. The summed E-state index contributed by atoms with van der Waals surface area (Å²) in [6.07, 6.45) is 6.86. The molecule has 2 heterocycles. The molecule has 0 bridgehead atoms. The van der Waals surface area contributed by atoms with E-state index in [9.17, 15) is 29.4 Å². The average molecular weight is 503 g/mol. The third-order valence-corrected chi connectivity index (χ3v) is 7.34. The van der Waals surface area contributed by atoms with Gasteiger partial charge in [0.1, 0.15) is 35.6 Å². The molecule has 0 fully saturated rings. The van der Waals surface area contributed by atoms with E-state index in [0.29, 0.717) is 50.0 Å². The Morgan fingerprint density at radius 1 is 0.722 bits per heavy atom. The molecular formula is C28H38O8. The minimum Gasteiger partial charge on any atom is -0.502 e. The van der Waals surface area contributed by atoms with Crippen LogP contribution in [0.2, 0.25) is 0 Å². The van der Waals surface area contributed by atoms with Crippen LogP contribution < -0.4 is 10.9 Å². The predicted molar refractivity (Wildman–Crippen MR) is 135 cm³/mol. The van der Waals surface area contributed by atoms with Crippen molar-refractivity contribution in [3.05, 3.63) is 56.6 Å². The van der Waals surface area contributed by atoms with E-state index >= 15 is 0 Å². The standard InChI is InChI=1S/C28H38O8/c1-5-27(3,15-21-13-23(31)25(33)17-35-21)11-9-19(29)7-8-20(30)10-12-28(4,6-2)16-22-14-24(32)26(34)18-36-22/h13-14,17-18,33-34H,5-12,15-16H2,1-4H3. The first-order chi connectivity index (χ1) is 16.9. The minimum atomic E-state index is -0.490. The number of Topliss-reactive ketones (excluding diaryl/α,β-unsaturated/α-hetero) is 2. The van der Waals surface area contributed by atoms with Crippen molar-refractivity contribution in [2.75, 3.05) is 0 Å². The van der Waals surface area contributed by atoms with Crippen molar-refractivity contribution in [1.82, 2.24) is 0 Å². The molecule has 2 aromatic rings. The van der Waals surface area contributed by atoms with Crippen molar-refractivity contribution in [3.63, 3.8) is 0 Å². The van der Waals surface area contributed by atoms with Crippen molar-refractivity contribution < 1.29 is 28.6 Å². The second-order valence-electron chi connectivity index (χ2n) is 10.5. The Hall–Kier alpha value is -3.16. The Bertz CT molecular complexity index is 1070. The van der Waals surface area contributed by atoms with Gasteiger partial charge in [0.15, 0.2) is 11.5 Å². The van der Waals surface area contributed by atoms with Gasteiger partial charge in [-0.1, -0.05) is 40.5 Å². The van der Waals surface area contributed by atoms with Gasteiger partial charge in [0, 0.05) is 50.7 Å². The first kappa shape index (κ1) is 29.1. The molecule has 2 rings (SSSR count). The van der Waals surface area contributed by atoms with Crippen LogP contribution in [0.4, 0.5) is 0 Å². The van der Waals surface area contributed by atoms with E-state index in [-0.39, 0.29) is 35.2 Å². The molecule has 36 heavy (non-hydrogen) atoms. The van der Waals surface area contributed by atoms with Gasteiger partial charge in [0.25, 0.3) is 0 Å². The van der Waals surface area contributed by atoms with Crippen LogP contribution in [-0.2, 0) is 22.4 Å². The summed E-state index contributed by atoms with van der Waals surface area (Å²) in [4.78, 5) is 48.3. The molecule has 0 aliphatic carbocycles. The summed E-state index contributed by atoms with van der Waals surface area (Å²) >= 11 is 0. The maximum absolute atomic E-state index is 12.5. The second kappa shape index (κ2) is 12.7. The first-order valence-corrected chi connectivity index (χ1v) is 12.5. The monoisotopic (exact) mass is 502 g/mol. The van der Waals surface area contributed by atoms with Gasteiger partial charge in [-0.15, -0.1) is 0 Å². The van der Waals surface area contributed by atoms with Crippen LogP contribution in [0.5, 0.6) is 11.5 Å². The fraction of sp³-hybridized carbons (Fsp3) is 0.571. The summed E-state index contributed by atoms with van der Waals surface area (Å²) in [6, 6.07) is 2.56. The molecule has 0 amide bonds. The van der Waals surface area contributed by atoms with Gasteiger partial charge >= 0.3 is 0 Å². The summed E-state index contributed by atoms with van der Waals surface area (Å²) in [5, 5.41) is 18.7. The average Bonchev–Trinajstić information content (AvgIpc) is 2.85. The molecule has 2 aromatic heterocycles. The highest BCUT2D eigenvalue weighted by atomic mass is 16.4. The van der Waals surface area contributed by atoms with Crippen LogP contribution in [0.15, 0.2) is 43.1 Å². The predicted octanol–water partition coefficient (Wildman–Crippen LogP) is 5.10. The van der Waals surface area contributed by atoms with Gasteiger partial charge in [-0.2, -0.15) is 0 Å². The molecule has 2 N–H and O–H groups in total. The van der Waals surface area contributed by atoms with Crippen LogP contribution >= 0.6 is 0 Å². The number of rotatable bonds is 15. The number of hydrogen-bond acceptors (Lipinski definition) is 8. The van der Waals surface area contributed by atoms with Crippen LogP contribution in [0, 0.1) is 10.8 Å². The van der Waals surface area contributed by atoms with E-state index in [1.54, 1.807) is 0 Å². The molecule has 8 nitrogen and oxygen atoms in total. The molecule has 0 spiro atoms. The van der Waals surface area contributed by atoms with E-state index in [4.69, 9.17) is 8.83 Å². The maximum atomic E-state index is 12.5. The Morgan fingerprint density at radius 2 is 1.08 bits per heavy atom. The molecule has 0 radical (unpaired) electrons. The molecule has 0 aromatic carbocycles. The summed E-state index contributed by atoms with van der Waals surface area (Å²) in [6.45, 7) is 8.08. The van der Waals surface area contributed by atoms with Crippen molar-refractivity contribution in [2.45, 2.75) is 91.9 Å². The quantitative estimate of drug-likeness (QED) is 0.343. The van der Waals surface area contributed by atoms with Crippen LogP contribution in [-0.4, -0.2) is 21.8 Å². The lowest BCUT2D eigenvalue weighted by molar-refractivity contribution is -0.124. The van der Waals surface area contributed by atoms with Crippen molar-refractivity contribution >= 4 is 11.6 Å². The fourth-order valence-corrected chi connectivity index (χ4v) is 4.11. The molecule has 0 aliphatic rings. The van der Waals surface area contributed by atoms with Gasteiger partial charge in [0.05, 0.1) is 0 Å². The summed E-state index contributed by atoms with van der Waals surface area (Å²) in [5.74, 6) is 0.135. The Morgan fingerprint density at radius 3 is 1.39 bits per heavy atom. The van der Waals surface area contributed by atoms with Crippen molar-refractivity contribution in [1.29, 1.82) is 0 Å². The summed E-state index contributed by atoms with van der Waals surface area (Å²) in [7, 11) is 0. The highest BCUT2D eigenvalue weighted by Crippen LogP contribution is 2.33. The zero-order chi connectivity index (χ0) is 26.9. The lowest BCUT2D eigenvalue weighted by atomic mass is 9.77. The Labute approximate surface area is 211 Å². The zero-order valence-corrected chi connectivity index (χ0v) is 21.7. The highest BCUT2D eigenvalue weighted by Gasteiger charge is 2.27. The molecule has 2 atom stereocenters. The lowest BCUT2D eigenvalue weighted by Gasteiger charge is -2.27. The fourth-order valence-electron chi connectivity index (χ4n) is 4.11. The molecule has 2 unspecified atom stereocenters. The van der Waals surface area contributed by atoms with Gasteiger partial charge in [-0.25, -0.2) is 0 Å². The van der Waals surface area contributed by atoms with E-state index in [0.717, 1.165) is 25.4 Å². The number of aromatic hydroxyl groups is 2. The molecular weight excluding hydrogens is 464 g/mol. The SMILES string of the molecule is CCC(C)(CCC(=O)CCC(=O)CCC(C)(CC)Cc1cc(=O)c(O)co1)Cc1cc(=O)c(O)co1. The summed E-state index contributed by atoms with van der Waals surface area (Å²) in [5.41, 5.74) is -1.48. The Balaban J connectivity index is 1.81. The van der Waals surface area contributed by atoms with Gasteiger partial charge in [-0.05, 0) is 23.7 Å². The van der Waals surface area contributed by atoms with E-state index < -0.39 is 22.4 Å².